The second-order valence-corrected chi connectivity index (χ2v) is 7.18. The van der Waals surface area contributed by atoms with E-state index in [0.717, 1.165) is 5.56 Å². The van der Waals surface area contributed by atoms with Gasteiger partial charge in [-0.2, -0.15) is 13.2 Å². The monoisotopic (exact) mass is 395 g/mol. The van der Waals surface area contributed by atoms with Gasteiger partial charge in [0, 0.05) is 23.6 Å². The molecule has 4 nitrogen and oxygen atoms in total. The summed E-state index contributed by atoms with van der Waals surface area (Å²) in [6.07, 6.45) is -5.40. The molecule has 1 saturated heterocycles. The molecule has 1 aliphatic carbocycles. The number of carbonyl (C=O) groups is 1. The molecule has 4 rings (SSSR count). The molecule has 1 atom stereocenters. The van der Waals surface area contributed by atoms with Crippen LogP contribution >= 0.6 is 0 Å². The number of esters is 1. The third-order valence-corrected chi connectivity index (χ3v) is 5.25. The lowest BCUT2D eigenvalue weighted by Gasteiger charge is -2.57. The maximum absolute atomic E-state index is 14.4. The van der Waals surface area contributed by atoms with E-state index in [1.165, 1.54) is 6.07 Å². The molecule has 0 radical (unpaired) electrons. The molecular formula is C20H17F4NO3. The van der Waals surface area contributed by atoms with Crippen LogP contribution in [-0.4, -0.2) is 31.0 Å². The van der Waals surface area contributed by atoms with E-state index in [4.69, 9.17) is 4.74 Å². The first-order valence-corrected chi connectivity index (χ1v) is 8.80. The van der Waals surface area contributed by atoms with E-state index in [2.05, 4.69) is 10.1 Å². The van der Waals surface area contributed by atoms with Crippen molar-refractivity contribution in [2.75, 3.05) is 6.54 Å². The number of rotatable bonds is 4. The molecule has 1 unspecified atom stereocenters. The molecule has 2 aromatic rings. The SMILES string of the molecule is O=C(OC1NCC12CC(Oc1ccc(-c3ccccc3)c(F)c1)C2)C(F)(F)F. The Labute approximate surface area is 158 Å². The first kappa shape index (κ1) is 18.7. The summed E-state index contributed by atoms with van der Waals surface area (Å²) in [5, 5.41) is 2.70. The number of benzene rings is 2. The molecule has 1 spiro atoms. The predicted molar refractivity (Wildman–Crippen MR) is 91.9 cm³/mol. The van der Waals surface area contributed by atoms with Gasteiger partial charge in [0.25, 0.3) is 0 Å². The van der Waals surface area contributed by atoms with Crippen molar-refractivity contribution in [3.8, 4) is 16.9 Å². The van der Waals surface area contributed by atoms with Crippen LogP contribution in [0.1, 0.15) is 12.8 Å². The molecule has 1 aliphatic heterocycles. The van der Waals surface area contributed by atoms with E-state index in [-0.39, 0.29) is 6.10 Å². The molecule has 2 aliphatic rings. The van der Waals surface area contributed by atoms with Gasteiger partial charge in [-0.15, -0.1) is 0 Å². The highest BCUT2D eigenvalue weighted by atomic mass is 19.4. The Morgan fingerprint density at radius 2 is 1.82 bits per heavy atom. The van der Waals surface area contributed by atoms with Crippen molar-refractivity contribution in [2.45, 2.75) is 31.3 Å². The topological polar surface area (TPSA) is 47.6 Å². The smallest absolute Gasteiger partial charge is 0.490 e. The maximum Gasteiger partial charge on any atom is 0.490 e. The fraction of sp³-hybridized carbons (Fsp3) is 0.350. The number of hydrogen-bond donors (Lipinski definition) is 1. The summed E-state index contributed by atoms with van der Waals surface area (Å²) in [5.74, 6) is -2.26. The van der Waals surface area contributed by atoms with Crippen molar-refractivity contribution in [1.29, 1.82) is 0 Å². The number of carbonyl (C=O) groups excluding carboxylic acids is 1. The van der Waals surface area contributed by atoms with Gasteiger partial charge in [0.1, 0.15) is 17.7 Å². The van der Waals surface area contributed by atoms with Crippen LogP contribution in [0.4, 0.5) is 17.6 Å². The summed E-state index contributed by atoms with van der Waals surface area (Å²) in [5.41, 5.74) is 0.665. The van der Waals surface area contributed by atoms with Crippen LogP contribution in [0.15, 0.2) is 48.5 Å². The van der Waals surface area contributed by atoms with Crippen LogP contribution in [0.2, 0.25) is 0 Å². The lowest BCUT2D eigenvalue weighted by atomic mass is 9.61. The van der Waals surface area contributed by atoms with Gasteiger partial charge in [0.2, 0.25) is 0 Å². The molecule has 0 amide bonds. The van der Waals surface area contributed by atoms with E-state index >= 15 is 0 Å². The molecule has 8 heteroatoms. The van der Waals surface area contributed by atoms with Gasteiger partial charge in [0.15, 0.2) is 6.23 Å². The van der Waals surface area contributed by atoms with Crippen LogP contribution in [0, 0.1) is 11.2 Å². The lowest BCUT2D eigenvalue weighted by molar-refractivity contribution is -0.236. The Morgan fingerprint density at radius 1 is 1.11 bits per heavy atom. The molecule has 0 bridgehead atoms. The van der Waals surface area contributed by atoms with Crippen LogP contribution in [0.5, 0.6) is 5.75 Å². The van der Waals surface area contributed by atoms with Crippen LogP contribution in [-0.2, 0) is 9.53 Å². The molecule has 1 saturated carbocycles. The van der Waals surface area contributed by atoms with E-state index in [0.29, 0.717) is 30.7 Å². The number of alkyl halides is 3. The molecule has 1 heterocycles. The number of halogens is 4. The number of ether oxygens (including phenoxy) is 2. The van der Waals surface area contributed by atoms with Gasteiger partial charge in [-0.05, 0) is 30.5 Å². The zero-order valence-corrected chi connectivity index (χ0v) is 14.6. The summed E-state index contributed by atoms with van der Waals surface area (Å²) in [7, 11) is 0. The first-order chi connectivity index (χ1) is 13.3. The third kappa shape index (κ3) is 3.44. The maximum atomic E-state index is 14.4. The predicted octanol–water partition coefficient (Wildman–Crippen LogP) is 4.06. The van der Waals surface area contributed by atoms with E-state index in [1.54, 1.807) is 24.3 Å². The second kappa shape index (κ2) is 6.77. The highest BCUT2D eigenvalue weighted by molar-refractivity contribution is 5.76. The van der Waals surface area contributed by atoms with Crippen molar-refractivity contribution in [2.24, 2.45) is 5.41 Å². The molecule has 0 aromatic heterocycles. The van der Waals surface area contributed by atoms with Crippen molar-refractivity contribution in [3.05, 3.63) is 54.3 Å². The molecule has 148 valence electrons. The Bertz CT molecular complexity index is 879. The van der Waals surface area contributed by atoms with E-state index < -0.39 is 29.6 Å². The normalized spacial score (nSPS) is 26.3. The minimum atomic E-state index is -5.02. The standard InChI is InChI=1S/C20H17F4NO3/c21-16-8-13(6-7-15(16)12-4-2-1-3-5-12)27-14-9-19(10-14)11-25-17(19)28-18(26)20(22,23)24/h1-8,14,17,25H,9-11H2. The molecule has 1 N–H and O–H groups in total. The summed E-state index contributed by atoms with van der Waals surface area (Å²) >= 11 is 0. The third-order valence-electron chi connectivity index (χ3n) is 5.25. The second-order valence-electron chi connectivity index (χ2n) is 7.18. The van der Waals surface area contributed by atoms with Crippen molar-refractivity contribution >= 4 is 5.97 Å². The van der Waals surface area contributed by atoms with Crippen LogP contribution in [0.3, 0.4) is 0 Å². The molecule has 2 aromatic carbocycles. The average Bonchev–Trinajstić information content (AvgIpc) is 2.61. The number of nitrogens with one attached hydrogen (secondary N) is 1. The first-order valence-electron chi connectivity index (χ1n) is 8.80. The van der Waals surface area contributed by atoms with Gasteiger partial charge < -0.3 is 9.47 Å². The summed E-state index contributed by atoms with van der Waals surface area (Å²) in [6.45, 7) is 0.448. The minimum Gasteiger partial charge on any atom is -0.490 e. The van der Waals surface area contributed by atoms with E-state index in [9.17, 15) is 22.4 Å². The Hall–Kier alpha value is -2.61. The van der Waals surface area contributed by atoms with E-state index in [1.807, 2.05) is 18.2 Å². The summed E-state index contributed by atoms with van der Waals surface area (Å²) < 4.78 is 61.7. The van der Waals surface area contributed by atoms with Gasteiger partial charge in [-0.1, -0.05) is 30.3 Å². The largest absolute Gasteiger partial charge is 0.490 e. The van der Waals surface area contributed by atoms with Gasteiger partial charge in [-0.3, -0.25) is 5.32 Å². The summed E-state index contributed by atoms with van der Waals surface area (Å²) in [6, 6.07) is 13.7. The Balaban J connectivity index is 1.35. The quantitative estimate of drug-likeness (QED) is 0.627. The fourth-order valence-electron chi connectivity index (χ4n) is 3.72. The zero-order chi connectivity index (χ0) is 19.9. The zero-order valence-electron chi connectivity index (χ0n) is 14.6. The fourth-order valence-corrected chi connectivity index (χ4v) is 3.72. The Morgan fingerprint density at radius 3 is 2.39 bits per heavy atom. The van der Waals surface area contributed by atoms with Crippen LogP contribution < -0.4 is 10.1 Å². The number of hydrogen-bond acceptors (Lipinski definition) is 4. The van der Waals surface area contributed by atoms with Crippen LogP contribution in [0.25, 0.3) is 11.1 Å². The van der Waals surface area contributed by atoms with Gasteiger partial charge in [0.05, 0.1) is 0 Å². The Kier molecular flexibility index (Phi) is 4.53. The highest BCUT2D eigenvalue weighted by Gasteiger charge is 2.60. The van der Waals surface area contributed by atoms with Crippen molar-refractivity contribution in [1.82, 2.24) is 5.32 Å². The van der Waals surface area contributed by atoms with Crippen molar-refractivity contribution in [3.63, 3.8) is 0 Å². The lowest BCUT2D eigenvalue weighted by Crippen LogP contribution is -2.71. The molecule has 2 fully saturated rings. The highest BCUT2D eigenvalue weighted by Crippen LogP contribution is 2.50. The van der Waals surface area contributed by atoms with Gasteiger partial charge >= 0.3 is 12.1 Å². The average molecular weight is 395 g/mol. The van der Waals surface area contributed by atoms with Crippen molar-refractivity contribution < 1.29 is 31.8 Å². The minimum absolute atomic E-state index is 0.267. The summed E-state index contributed by atoms with van der Waals surface area (Å²) in [4.78, 5) is 11.0. The molecular weight excluding hydrogens is 378 g/mol. The molecule has 28 heavy (non-hydrogen) atoms. The van der Waals surface area contributed by atoms with Gasteiger partial charge in [-0.25, -0.2) is 9.18 Å².